The van der Waals surface area contributed by atoms with Crippen molar-refractivity contribution >= 4 is 37.3 Å². The summed E-state index contributed by atoms with van der Waals surface area (Å²) in [5.41, 5.74) is 0. The van der Waals surface area contributed by atoms with Gasteiger partial charge in [0.05, 0.1) is 3.79 Å². The molecule has 0 aliphatic rings. The van der Waals surface area contributed by atoms with Crippen molar-refractivity contribution in [2.75, 3.05) is 13.1 Å². The summed E-state index contributed by atoms with van der Waals surface area (Å²) in [6.07, 6.45) is -5.56. The quantitative estimate of drug-likeness (QED) is 0.649. The van der Waals surface area contributed by atoms with E-state index < -0.39 is 22.6 Å². The third kappa shape index (κ3) is 6.64. The van der Waals surface area contributed by atoms with Crippen LogP contribution in [0.15, 0.2) is 14.7 Å². The molecule has 21 heavy (non-hydrogen) atoms. The van der Waals surface area contributed by atoms with Crippen molar-refractivity contribution in [3.63, 3.8) is 0 Å². The number of thiophene rings is 1. The Kier molecular flexibility index (Phi) is 7.11. The van der Waals surface area contributed by atoms with Crippen LogP contribution in [0.4, 0.5) is 13.2 Å². The zero-order valence-electron chi connectivity index (χ0n) is 11.3. The fourth-order valence-corrected chi connectivity index (χ4v) is 5.21. The second-order valence-corrected chi connectivity index (χ2v) is 8.44. The molecule has 0 saturated heterocycles. The molecule has 0 fully saturated rings. The van der Waals surface area contributed by atoms with Crippen LogP contribution in [0.1, 0.15) is 24.6 Å². The molecule has 0 aromatic carbocycles. The predicted molar refractivity (Wildman–Crippen MR) is 79.9 cm³/mol. The van der Waals surface area contributed by atoms with Gasteiger partial charge in [0.1, 0.15) is 4.90 Å². The van der Waals surface area contributed by atoms with Gasteiger partial charge >= 0.3 is 6.18 Å². The SMILES string of the molecule is CCNCc1cc(S(=O)(=O)NCCCC(F)(F)F)c(Br)s1. The van der Waals surface area contributed by atoms with Crippen LogP contribution in [0.3, 0.4) is 0 Å². The van der Waals surface area contributed by atoms with Gasteiger partial charge in [0, 0.05) is 24.4 Å². The van der Waals surface area contributed by atoms with Gasteiger partial charge in [0.25, 0.3) is 0 Å². The van der Waals surface area contributed by atoms with E-state index >= 15 is 0 Å². The molecule has 0 amide bonds. The van der Waals surface area contributed by atoms with Crippen LogP contribution in [0.5, 0.6) is 0 Å². The molecular weight excluding hydrogens is 393 g/mol. The topological polar surface area (TPSA) is 58.2 Å². The first-order valence-electron chi connectivity index (χ1n) is 6.21. The number of sulfonamides is 1. The van der Waals surface area contributed by atoms with Crippen LogP contribution < -0.4 is 10.0 Å². The van der Waals surface area contributed by atoms with Gasteiger partial charge in [-0.25, -0.2) is 13.1 Å². The summed E-state index contributed by atoms with van der Waals surface area (Å²) in [6.45, 7) is 2.99. The van der Waals surface area contributed by atoms with Gasteiger partial charge < -0.3 is 5.32 Å². The largest absolute Gasteiger partial charge is 0.389 e. The molecule has 0 aliphatic carbocycles. The second-order valence-electron chi connectivity index (χ2n) is 4.25. The van der Waals surface area contributed by atoms with Crippen LogP contribution >= 0.6 is 27.3 Å². The predicted octanol–water partition coefficient (Wildman–Crippen LogP) is 3.24. The van der Waals surface area contributed by atoms with E-state index in [1.54, 1.807) is 0 Å². The molecule has 10 heteroatoms. The summed E-state index contributed by atoms with van der Waals surface area (Å²) >= 11 is 4.46. The van der Waals surface area contributed by atoms with Crippen LogP contribution in [0.25, 0.3) is 0 Å². The summed E-state index contributed by atoms with van der Waals surface area (Å²) < 4.78 is 62.7. The molecule has 1 aromatic rings. The molecule has 1 heterocycles. The second kappa shape index (κ2) is 7.91. The molecular formula is C11H16BrF3N2O2S2. The molecule has 0 unspecified atom stereocenters. The Morgan fingerprint density at radius 3 is 2.62 bits per heavy atom. The highest BCUT2D eigenvalue weighted by Gasteiger charge is 2.27. The Morgan fingerprint density at radius 1 is 1.38 bits per heavy atom. The first-order valence-corrected chi connectivity index (χ1v) is 9.30. The number of rotatable bonds is 8. The van der Waals surface area contributed by atoms with E-state index in [4.69, 9.17) is 0 Å². The number of nitrogens with one attached hydrogen (secondary N) is 2. The standard InChI is InChI=1S/C11H16BrF3N2O2S2/c1-2-16-7-8-6-9(10(12)20-8)21(18,19)17-5-3-4-11(13,14)15/h6,16-17H,2-5,7H2,1H3. The maximum absolute atomic E-state index is 12.0. The highest BCUT2D eigenvalue weighted by Crippen LogP contribution is 2.31. The average Bonchev–Trinajstić information content (AvgIpc) is 2.73. The maximum Gasteiger partial charge on any atom is 0.389 e. The number of hydrogen-bond acceptors (Lipinski definition) is 4. The zero-order chi connectivity index (χ0) is 16.1. The average molecular weight is 409 g/mol. The van der Waals surface area contributed by atoms with Gasteiger partial charge in [-0.2, -0.15) is 13.2 Å². The Bertz CT molecular complexity index is 558. The van der Waals surface area contributed by atoms with Crippen LogP contribution in [0.2, 0.25) is 0 Å². The van der Waals surface area contributed by atoms with Crippen molar-refractivity contribution in [3.8, 4) is 0 Å². The van der Waals surface area contributed by atoms with Gasteiger partial charge in [0.2, 0.25) is 10.0 Å². The molecule has 0 saturated carbocycles. The summed E-state index contributed by atoms with van der Waals surface area (Å²) in [5, 5.41) is 3.07. The number of halogens is 4. The molecule has 2 N–H and O–H groups in total. The van der Waals surface area contributed by atoms with E-state index in [1.807, 2.05) is 6.92 Å². The van der Waals surface area contributed by atoms with E-state index in [1.165, 1.54) is 17.4 Å². The maximum atomic E-state index is 12.0. The van der Waals surface area contributed by atoms with Crippen molar-refractivity contribution in [3.05, 3.63) is 14.7 Å². The molecule has 1 rings (SSSR count). The van der Waals surface area contributed by atoms with Crippen molar-refractivity contribution in [2.24, 2.45) is 0 Å². The molecule has 4 nitrogen and oxygen atoms in total. The summed E-state index contributed by atoms with van der Waals surface area (Å²) in [5.74, 6) is 0. The zero-order valence-corrected chi connectivity index (χ0v) is 14.5. The van der Waals surface area contributed by atoms with Gasteiger partial charge in [-0.15, -0.1) is 11.3 Å². The lowest BCUT2D eigenvalue weighted by atomic mass is 10.3. The van der Waals surface area contributed by atoms with Gasteiger partial charge in [-0.3, -0.25) is 0 Å². The first kappa shape index (κ1) is 18.9. The third-order valence-corrected chi connectivity index (χ3v) is 6.19. The van der Waals surface area contributed by atoms with E-state index in [9.17, 15) is 21.6 Å². The van der Waals surface area contributed by atoms with E-state index in [-0.39, 0.29) is 17.9 Å². The third-order valence-electron chi connectivity index (χ3n) is 2.47. The molecule has 0 radical (unpaired) electrons. The molecule has 0 atom stereocenters. The van der Waals surface area contributed by atoms with Gasteiger partial charge in [-0.1, -0.05) is 6.92 Å². The normalized spacial score (nSPS) is 12.8. The van der Waals surface area contributed by atoms with Crippen LogP contribution in [0, 0.1) is 0 Å². The summed E-state index contributed by atoms with van der Waals surface area (Å²) in [4.78, 5) is 0.895. The van der Waals surface area contributed by atoms with Gasteiger partial charge in [-0.05, 0) is 35.0 Å². The van der Waals surface area contributed by atoms with E-state index in [0.29, 0.717) is 10.3 Å². The lowest BCUT2D eigenvalue weighted by Gasteiger charge is -2.07. The Labute approximate surface area is 134 Å². The number of hydrogen-bond donors (Lipinski definition) is 2. The van der Waals surface area contributed by atoms with Crippen LogP contribution in [-0.2, 0) is 16.6 Å². The molecule has 0 bridgehead atoms. The summed E-state index contributed by atoms with van der Waals surface area (Å²) in [6, 6.07) is 1.52. The van der Waals surface area contributed by atoms with E-state index in [2.05, 4.69) is 26.0 Å². The van der Waals surface area contributed by atoms with Crippen molar-refractivity contribution in [1.82, 2.24) is 10.0 Å². The van der Waals surface area contributed by atoms with Crippen molar-refractivity contribution in [2.45, 2.75) is 37.4 Å². The first-order chi connectivity index (χ1) is 9.65. The summed E-state index contributed by atoms with van der Waals surface area (Å²) in [7, 11) is -3.79. The lowest BCUT2D eigenvalue weighted by molar-refractivity contribution is -0.135. The van der Waals surface area contributed by atoms with Crippen molar-refractivity contribution in [1.29, 1.82) is 0 Å². The van der Waals surface area contributed by atoms with Gasteiger partial charge in [0.15, 0.2) is 0 Å². The lowest BCUT2D eigenvalue weighted by Crippen LogP contribution is -2.25. The Balaban J connectivity index is 2.63. The highest BCUT2D eigenvalue weighted by molar-refractivity contribution is 9.11. The molecule has 0 aliphatic heterocycles. The smallest absolute Gasteiger partial charge is 0.312 e. The minimum atomic E-state index is -4.27. The number of alkyl halides is 3. The van der Waals surface area contributed by atoms with Crippen molar-refractivity contribution < 1.29 is 21.6 Å². The fourth-order valence-electron chi connectivity index (χ4n) is 1.49. The Morgan fingerprint density at radius 2 is 2.05 bits per heavy atom. The minimum Gasteiger partial charge on any atom is -0.312 e. The molecule has 1 aromatic heterocycles. The highest BCUT2D eigenvalue weighted by atomic mass is 79.9. The molecule has 122 valence electrons. The minimum absolute atomic E-state index is 0.0624. The fraction of sp³-hybridized carbons (Fsp3) is 0.636. The van der Waals surface area contributed by atoms with E-state index in [0.717, 1.165) is 11.4 Å². The Hall–Kier alpha value is -0.160. The molecule has 0 spiro atoms. The monoisotopic (exact) mass is 408 g/mol. The van der Waals surface area contributed by atoms with Crippen LogP contribution in [-0.4, -0.2) is 27.7 Å².